The van der Waals surface area contributed by atoms with Gasteiger partial charge < -0.3 is 4.42 Å². The third kappa shape index (κ3) is 4.05. The molecule has 0 radical (unpaired) electrons. The molecule has 1 aromatic heterocycles. The van der Waals surface area contributed by atoms with Crippen molar-refractivity contribution in [1.82, 2.24) is 5.43 Å². The van der Waals surface area contributed by atoms with E-state index in [-0.39, 0.29) is 5.91 Å². The Morgan fingerprint density at radius 1 is 1.42 bits per heavy atom. The molecule has 0 saturated heterocycles. The minimum atomic E-state index is -0.312. The van der Waals surface area contributed by atoms with E-state index in [2.05, 4.69) is 26.5 Å². The molecule has 0 spiro atoms. The van der Waals surface area contributed by atoms with Gasteiger partial charge in [-0.25, -0.2) is 5.43 Å². The molecule has 7 heteroatoms. The lowest BCUT2D eigenvalue weighted by molar-refractivity contribution is 0.0955. The van der Waals surface area contributed by atoms with Gasteiger partial charge in [0.25, 0.3) is 5.91 Å². The zero-order valence-electron chi connectivity index (χ0n) is 9.36. The van der Waals surface area contributed by atoms with Gasteiger partial charge in [-0.1, -0.05) is 11.6 Å². The van der Waals surface area contributed by atoms with Crippen molar-refractivity contribution in [2.75, 3.05) is 0 Å². The van der Waals surface area contributed by atoms with Crippen molar-refractivity contribution in [3.63, 3.8) is 0 Å². The highest BCUT2D eigenvalue weighted by atomic mass is 127. The zero-order chi connectivity index (χ0) is 13.8. The topological polar surface area (TPSA) is 54.6 Å². The van der Waals surface area contributed by atoms with Crippen LogP contribution in [-0.4, -0.2) is 12.1 Å². The van der Waals surface area contributed by atoms with Crippen LogP contribution in [-0.2, 0) is 0 Å². The van der Waals surface area contributed by atoms with Gasteiger partial charge in [-0.15, -0.1) is 0 Å². The fraction of sp³-hybridized carbons (Fsp3) is 0. The second kappa shape index (κ2) is 6.53. The zero-order valence-corrected chi connectivity index (χ0v) is 13.9. The molecule has 0 aliphatic heterocycles. The SMILES string of the molecule is O=C(N/N=C\c1cc(Br)c(I)o1)c1ccc(Cl)cc1. The molecule has 1 amide bonds. The van der Waals surface area contributed by atoms with Crippen LogP contribution in [0.3, 0.4) is 0 Å². The first-order chi connectivity index (χ1) is 9.06. The van der Waals surface area contributed by atoms with Crippen LogP contribution in [0.4, 0.5) is 0 Å². The molecule has 0 unspecified atom stereocenters. The number of hydrogen-bond donors (Lipinski definition) is 1. The van der Waals surface area contributed by atoms with Gasteiger partial charge in [0.05, 0.1) is 10.7 Å². The van der Waals surface area contributed by atoms with Crippen molar-refractivity contribution >= 4 is 62.2 Å². The average Bonchev–Trinajstić information content (AvgIpc) is 2.69. The van der Waals surface area contributed by atoms with E-state index in [1.165, 1.54) is 6.21 Å². The predicted molar refractivity (Wildman–Crippen MR) is 85.6 cm³/mol. The highest BCUT2D eigenvalue weighted by Crippen LogP contribution is 2.21. The number of amides is 1. The number of benzene rings is 1. The normalized spacial score (nSPS) is 10.9. The second-order valence-electron chi connectivity index (χ2n) is 3.48. The number of furan rings is 1. The summed E-state index contributed by atoms with van der Waals surface area (Å²) in [6.07, 6.45) is 1.43. The molecule has 1 heterocycles. The van der Waals surface area contributed by atoms with Crippen LogP contribution in [0, 0.1) is 3.77 Å². The molecule has 1 N–H and O–H groups in total. The first-order valence-electron chi connectivity index (χ1n) is 5.10. The number of carbonyl (C=O) groups is 1. The van der Waals surface area contributed by atoms with E-state index in [1.54, 1.807) is 30.3 Å². The summed E-state index contributed by atoms with van der Waals surface area (Å²) in [5.41, 5.74) is 2.89. The highest BCUT2D eigenvalue weighted by Gasteiger charge is 2.05. The maximum Gasteiger partial charge on any atom is 0.271 e. The maximum absolute atomic E-state index is 11.7. The molecule has 2 aromatic rings. The lowest BCUT2D eigenvalue weighted by atomic mass is 10.2. The van der Waals surface area contributed by atoms with E-state index in [1.807, 2.05) is 22.6 Å². The van der Waals surface area contributed by atoms with Crippen molar-refractivity contribution in [3.05, 3.63) is 54.9 Å². The smallest absolute Gasteiger partial charge is 0.271 e. The van der Waals surface area contributed by atoms with Crippen LogP contribution in [0.2, 0.25) is 5.02 Å². The van der Waals surface area contributed by atoms with Crippen LogP contribution in [0.25, 0.3) is 0 Å². The first kappa shape index (κ1) is 14.5. The van der Waals surface area contributed by atoms with Gasteiger partial charge in [0.15, 0.2) is 3.77 Å². The van der Waals surface area contributed by atoms with E-state index in [0.717, 1.165) is 8.24 Å². The Hall–Kier alpha value is -0.860. The molecule has 98 valence electrons. The van der Waals surface area contributed by atoms with Gasteiger partial charge >= 0.3 is 0 Å². The van der Waals surface area contributed by atoms with Crippen molar-refractivity contribution in [2.45, 2.75) is 0 Å². The molecule has 0 bridgehead atoms. The van der Waals surface area contributed by atoms with E-state index >= 15 is 0 Å². The van der Waals surface area contributed by atoms with Gasteiger partial charge in [0.1, 0.15) is 5.76 Å². The Kier molecular flexibility index (Phi) is 5.00. The number of nitrogens with one attached hydrogen (secondary N) is 1. The monoisotopic (exact) mass is 452 g/mol. The summed E-state index contributed by atoms with van der Waals surface area (Å²) in [7, 11) is 0. The lowest BCUT2D eigenvalue weighted by Gasteiger charge is -1.98. The average molecular weight is 453 g/mol. The molecular weight excluding hydrogens is 446 g/mol. The number of hydrazone groups is 1. The molecule has 4 nitrogen and oxygen atoms in total. The summed E-state index contributed by atoms with van der Waals surface area (Å²) in [6.45, 7) is 0. The molecule has 0 aliphatic carbocycles. The summed E-state index contributed by atoms with van der Waals surface area (Å²) in [4.78, 5) is 11.7. The predicted octanol–water partition coefficient (Wildman–Crippen LogP) is 4.06. The molecule has 2 rings (SSSR count). The van der Waals surface area contributed by atoms with Gasteiger partial charge in [0, 0.05) is 39.2 Å². The Labute approximate surface area is 136 Å². The summed E-state index contributed by atoms with van der Waals surface area (Å²) in [5.74, 6) is 0.237. The molecule has 0 fully saturated rings. The lowest BCUT2D eigenvalue weighted by Crippen LogP contribution is -2.17. The van der Waals surface area contributed by atoms with Gasteiger partial charge in [0.2, 0.25) is 0 Å². The van der Waals surface area contributed by atoms with Crippen LogP contribution in [0.5, 0.6) is 0 Å². The number of halogens is 3. The standard InChI is InChI=1S/C12H7BrClIN2O2/c13-10-5-9(19-11(10)15)6-16-17-12(18)7-1-3-8(14)4-2-7/h1-6H,(H,17,18)/b16-6-. The third-order valence-corrected chi connectivity index (χ3v) is 4.51. The Balaban J connectivity index is 1.98. The molecule has 0 aliphatic rings. The number of hydrogen-bond acceptors (Lipinski definition) is 3. The van der Waals surface area contributed by atoms with Crippen LogP contribution >= 0.6 is 50.1 Å². The first-order valence-corrected chi connectivity index (χ1v) is 7.35. The minimum absolute atomic E-state index is 0.312. The molecular formula is C12H7BrClIN2O2. The fourth-order valence-corrected chi connectivity index (χ4v) is 2.09. The second-order valence-corrected chi connectivity index (χ2v) is 5.75. The summed E-state index contributed by atoms with van der Waals surface area (Å²) < 4.78 is 6.91. The molecule has 0 saturated carbocycles. The largest absolute Gasteiger partial charge is 0.448 e. The van der Waals surface area contributed by atoms with E-state index in [4.69, 9.17) is 16.0 Å². The Morgan fingerprint density at radius 2 is 2.11 bits per heavy atom. The van der Waals surface area contributed by atoms with Crippen LogP contribution in [0.1, 0.15) is 16.1 Å². The molecule has 0 atom stereocenters. The van der Waals surface area contributed by atoms with Crippen molar-refractivity contribution in [1.29, 1.82) is 0 Å². The Morgan fingerprint density at radius 3 is 2.68 bits per heavy atom. The maximum atomic E-state index is 11.7. The minimum Gasteiger partial charge on any atom is -0.448 e. The van der Waals surface area contributed by atoms with Gasteiger partial charge in [-0.3, -0.25) is 4.79 Å². The van der Waals surface area contributed by atoms with Crippen LogP contribution < -0.4 is 5.43 Å². The van der Waals surface area contributed by atoms with E-state index in [9.17, 15) is 4.79 Å². The quantitative estimate of drug-likeness (QED) is 0.433. The number of carbonyl (C=O) groups excluding carboxylic acids is 1. The summed E-state index contributed by atoms with van der Waals surface area (Å²) >= 11 is 11.1. The highest BCUT2D eigenvalue weighted by molar-refractivity contribution is 14.1. The van der Waals surface area contributed by atoms with Crippen LogP contribution in [0.15, 0.2) is 44.3 Å². The van der Waals surface area contributed by atoms with E-state index in [0.29, 0.717) is 16.3 Å². The van der Waals surface area contributed by atoms with Gasteiger partial charge in [-0.2, -0.15) is 5.10 Å². The molecule has 1 aromatic carbocycles. The Bertz CT molecular complexity index is 606. The third-order valence-electron chi connectivity index (χ3n) is 2.13. The van der Waals surface area contributed by atoms with Crippen molar-refractivity contribution in [3.8, 4) is 0 Å². The summed E-state index contributed by atoms with van der Waals surface area (Å²) in [6, 6.07) is 8.30. The van der Waals surface area contributed by atoms with Crippen molar-refractivity contribution in [2.24, 2.45) is 5.10 Å². The van der Waals surface area contributed by atoms with E-state index < -0.39 is 0 Å². The number of rotatable bonds is 3. The fourth-order valence-electron chi connectivity index (χ4n) is 1.25. The molecule has 19 heavy (non-hydrogen) atoms. The summed E-state index contributed by atoms with van der Waals surface area (Å²) in [5, 5.41) is 4.40. The number of nitrogens with zero attached hydrogens (tertiary/aromatic N) is 1. The van der Waals surface area contributed by atoms with Crippen molar-refractivity contribution < 1.29 is 9.21 Å². The van der Waals surface area contributed by atoms with Gasteiger partial charge in [-0.05, 0) is 40.2 Å².